The third-order valence-electron chi connectivity index (χ3n) is 3.71. The van der Waals surface area contributed by atoms with Crippen LogP contribution in [0.2, 0.25) is 0 Å². The van der Waals surface area contributed by atoms with Gasteiger partial charge in [0.15, 0.2) is 0 Å². The normalized spacial score (nSPS) is 25.8. The molecule has 16 heavy (non-hydrogen) atoms. The molecule has 0 radical (unpaired) electrons. The summed E-state index contributed by atoms with van der Waals surface area (Å²) in [6.07, 6.45) is 6.31. The summed E-state index contributed by atoms with van der Waals surface area (Å²) < 4.78 is 0. The van der Waals surface area contributed by atoms with Gasteiger partial charge in [0, 0.05) is 19.5 Å². The summed E-state index contributed by atoms with van der Waals surface area (Å²) in [6.45, 7) is 1.31. The van der Waals surface area contributed by atoms with Gasteiger partial charge in [-0.1, -0.05) is 19.3 Å². The smallest absolute Gasteiger partial charge is 0.224 e. The van der Waals surface area contributed by atoms with Crippen molar-refractivity contribution in [2.75, 3.05) is 13.1 Å². The Hall–Kier alpha value is -1.06. The molecule has 0 aromatic heterocycles. The lowest BCUT2D eigenvalue weighted by Crippen LogP contribution is -2.43. The predicted octanol–water partition coefficient (Wildman–Crippen LogP) is 0.819. The van der Waals surface area contributed by atoms with Gasteiger partial charge in [-0.15, -0.1) is 0 Å². The summed E-state index contributed by atoms with van der Waals surface area (Å²) in [7, 11) is 0. The second kappa shape index (κ2) is 5.32. The molecule has 1 aliphatic heterocycles. The van der Waals surface area contributed by atoms with Crippen molar-refractivity contribution < 1.29 is 9.59 Å². The molecule has 2 N–H and O–H groups in total. The van der Waals surface area contributed by atoms with Crippen molar-refractivity contribution in [3.63, 3.8) is 0 Å². The molecule has 0 aromatic rings. The van der Waals surface area contributed by atoms with Gasteiger partial charge >= 0.3 is 0 Å². The minimum absolute atomic E-state index is 0.0147. The van der Waals surface area contributed by atoms with Crippen molar-refractivity contribution in [1.82, 2.24) is 10.6 Å². The van der Waals surface area contributed by atoms with Crippen LogP contribution in [-0.4, -0.2) is 24.9 Å². The molecule has 1 heterocycles. The second-order valence-corrected chi connectivity index (χ2v) is 4.92. The van der Waals surface area contributed by atoms with Crippen LogP contribution >= 0.6 is 0 Å². The van der Waals surface area contributed by atoms with Gasteiger partial charge in [-0.2, -0.15) is 0 Å². The van der Waals surface area contributed by atoms with E-state index < -0.39 is 0 Å². The fourth-order valence-electron chi connectivity index (χ4n) is 2.28. The van der Waals surface area contributed by atoms with Gasteiger partial charge in [0.05, 0.1) is 5.92 Å². The van der Waals surface area contributed by atoms with Crippen LogP contribution in [-0.2, 0) is 9.59 Å². The lowest BCUT2D eigenvalue weighted by Gasteiger charge is -2.26. The van der Waals surface area contributed by atoms with Crippen molar-refractivity contribution in [3.05, 3.63) is 0 Å². The Balaban J connectivity index is 1.61. The Bertz CT molecular complexity index is 264. The van der Waals surface area contributed by atoms with Gasteiger partial charge < -0.3 is 10.6 Å². The molecule has 1 unspecified atom stereocenters. The lowest BCUT2D eigenvalue weighted by atomic mass is 9.83. The molecule has 1 saturated carbocycles. The van der Waals surface area contributed by atoms with E-state index in [1.165, 1.54) is 19.3 Å². The van der Waals surface area contributed by atoms with E-state index in [1.807, 2.05) is 0 Å². The number of carbonyl (C=O) groups is 2. The maximum Gasteiger partial charge on any atom is 0.224 e. The fourth-order valence-corrected chi connectivity index (χ4v) is 2.28. The maximum absolute atomic E-state index is 11.7. The first-order valence-electron chi connectivity index (χ1n) is 6.30. The number of hydrogen-bond donors (Lipinski definition) is 2. The fraction of sp³-hybridized carbons (Fsp3) is 0.833. The third-order valence-corrected chi connectivity index (χ3v) is 3.71. The first-order chi connectivity index (χ1) is 7.75. The molecule has 90 valence electrons. The highest BCUT2D eigenvalue weighted by atomic mass is 16.2. The van der Waals surface area contributed by atoms with Crippen LogP contribution in [0.4, 0.5) is 0 Å². The summed E-state index contributed by atoms with van der Waals surface area (Å²) in [5.74, 6) is 1.00. The number of rotatable bonds is 4. The van der Waals surface area contributed by atoms with E-state index in [0.29, 0.717) is 19.4 Å². The second-order valence-electron chi connectivity index (χ2n) is 4.92. The molecule has 1 atom stereocenters. The molecule has 2 amide bonds. The van der Waals surface area contributed by atoms with Crippen molar-refractivity contribution in [2.45, 2.75) is 38.5 Å². The summed E-state index contributed by atoms with van der Waals surface area (Å²) in [4.78, 5) is 22.7. The van der Waals surface area contributed by atoms with E-state index in [-0.39, 0.29) is 17.7 Å². The molecule has 4 heteroatoms. The first-order valence-corrected chi connectivity index (χ1v) is 6.30. The minimum Gasteiger partial charge on any atom is -0.356 e. The number of hydrogen-bond acceptors (Lipinski definition) is 2. The van der Waals surface area contributed by atoms with E-state index in [9.17, 15) is 9.59 Å². The van der Waals surface area contributed by atoms with Gasteiger partial charge in [-0.25, -0.2) is 0 Å². The van der Waals surface area contributed by atoms with Crippen molar-refractivity contribution in [2.24, 2.45) is 11.8 Å². The highest BCUT2D eigenvalue weighted by Gasteiger charge is 2.24. The van der Waals surface area contributed by atoms with E-state index in [0.717, 1.165) is 18.9 Å². The monoisotopic (exact) mass is 224 g/mol. The summed E-state index contributed by atoms with van der Waals surface area (Å²) >= 11 is 0. The topological polar surface area (TPSA) is 58.2 Å². The average molecular weight is 224 g/mol. The summed E-state index contributed by atoms with van der Waals surface area (Å²) in [6, 6.07) is 0. The van der Waals surface area contributed by atoms with Gasteiger partial charge in [-0.05, 0) is 18.8 Å². The molecule has 4 nitrogen and oxygen atoms in total. The maximum atomic E-state index is 11.7. The number of nitrogens with one attached hydrogen (secondary N) is 2. The van der Waals surface area contributed by atoms with Gasteiger partial charge in [0.25, 0.3) is 0 Å². The summed E-state index contributed by atoms with van der Waals surface area (Å²) in [5.41, 5.74) is 0. The molecule has 1 saturated heterocycles. The Morgan fingerprint density at radius 1 is 1.38 bits per heavy atom. The van der Waals surface area contributed by atoms with E-state index in [4.69, 9.17) is 0 Å². The molecule has 0 aromatic carbocycles. The molecule has 0 bridgehead atoms. The van der Waals surface area contributed by atoms with Crippen LogP contribution in [0.1, 0.15) is 38.5 Å². The first kappa shape index (κ1) is 11.4. The average Bonchev–Trinajstić information content (AvgIpc) is 2.22. The minimum atomic E-state index is -0.0147. The quantitative estimate of drug-likeness (QED) is 0.742. The zero-order valence-electron chi connectivity index (χ0n) is 9.63. The highest BCUT2D eigenvalue weighted by molar-refractivity contribution is 5.83. The number of amides is 2. The van der Waals surface area contributed by atoms with Crippen LogP contribution in [0, 0.1) is 11.8 Å². The lowest BCUT2D eigenvalue weighted by molar-refractivity contribution is -0.128. The van der Waals surface area contributed by atoms with Crippen LogP contribution < -0.4 is 10.6 Å². The van der Waals surface area contributed by atoms with Crippen LogP contribution in [0.15, 0.2) is 0 Å². The standard InChI is InChI=1S/C12H20N2O2/c15-11-5-4-10(8-14-11)12(16)13-7-6-9-2-1-3-9/h9-10H,1-8H2,(H,13,16)(H,14,15). The largest absolute Gasteiger partial charge is 0.356 e. The molecule has 0 spiro atoms. The Morgan fingerprint density at radius 2 is 2.19 bits per heavy atom. The zero-order chi connectivity index (χ0) is 11.4. The molecular weight excluding hydrogens is 204 g/mol. The Kier molecular flexibility index (Phi) is 3.80. The zero-order valence-corrected chi connectivity index (χ0v) is 9.63. The highest BCUT2D eigenvalue weighted by Crippen LogP contribution is 2.28. The van der Waals surface area contributed by atoms with E-state index >= 15 is 0 Å². The SMILES string of the molecule is O=C1CCC(C(=O)NCCC2CCC2)CN1. The van der Waals surface area contributed by atoms with Crippen molar-refractivity contribution in [1.29, 1.82) is 0 Å². The van der Waals surface area contributed by atoms with Crippen LogP contribution in [0.5, 0.6) is 0 Å². The van der Waals surface area contributed by atoms with Crippen LogP contribution in [0.3, 0.4) is 0 Å². The van der Waals surface area contributed by atoms with Gasteiger partial charge in [0.1, 0.15) is 0 Å². The Labute approximate surface area is 96.2 Å². The van der Waals surface area contributed by atoms with Gasteiger partial charge in [-0.3, -0.25) is 9.59 Å². The predicted molar refractivity (Wildman–Crippen MR) is 60.7 cm³/mol. The molecule has 2 fully saturated rings. The van der Waals surface area contributed by atoms with E-state index in [1.54, 1.807) is 0 Å². The molecule has 2 aliphatic rings. The van der Waals surface area contributed by atoms with Gasteiger partial charge in [0.2, 0.25) is 11.8 Å². The van der Waals surface area contributed by atoms with Crippen molar-refractivity contribution in [3.8, 4) is 0 Å². The third kappa shape index (κ3) is 2.97. The Morgan fingerprint density at radius 3 is 2.75 bits per heavy atom. The van der Waals surface area contributed by atoms with Crippen LogP contribution in [0.25, 0.3) is 0 Å². The molecule has 2 rings (SSSR count). The molecular formula is C12H20N2O2. The summed E-state index contributed by atoms with van der Waals surface area (Å²) in [5, 5.41) is 5.71. The number of carbonyl (C=O) groups excluding carboxylic acids is 2. The number of piperidine rings is 1. The van der Waals surface area contributed by atoms with Crippen molar-refractivity contribution >= 4 is 11.8 Å². The molecule has 1 aliphatic carbocycles. The van der Waals surface area contributed by atoms with E-state index in [2.05, 4.69) is 10.6 Å².